The average molecular weight is 376 g/mol. The molecule has 0 saturated carbocycles. The van der Waals surface area contributed by atoms with Gasteiger partial charge in [-0.25, -0.2) is 0 Å². The van der Waals surface area contributed by atoms with Crippen LogP contribution in [0.15, 0.2) is 71.2 Å². The van der Waals surface area contributed by atoms with Crippen molar-refractivity contribution in [3.05, 3.63) is 82.2 Å². The fourth-order valence-electron chi connectivity index (χ4n) is 3.57. The zero-order valence-electron chi connectivity index (χ0n) is 15.2. The van der Waals surface area contributed by atoms with E-state index in [9.17, 15) is 9.59 Å². The van der Waals surface area contributed by atoms with Gasteiger partial charge in [-0.05, 0) is 37.7 Å². The molecule has 0 spiro atoms. The Morgan fingerprint density at radius 1 is 1.07 bits per heavy atom. The van der Waals surface area contributed by atoms with Crippen LogP contribution >= 0.6 is 11.3 Å². The van der Waals surface area contributed by atoms with Crippen LogP contribution in [0.25, 0.3) is 20.2 Å². The Kier molecular flexibility index (Phi) is 4.42. The summed E-state index contributed by atoms with van der Waals surface area (Å²) in [5, 5.41) is 7.43. The monoisotopic (exact) mass is 376 g/mol. The van der Waals surface area contributed by atoms with Crippen LogP contribution < -0.4 is 16.1 Å². The summed E-state index contributed by atoms with van der Waals surface area (Å²) in [4.78, 5) is 26.7. The molecule has 2 N–H and O–H groups in total. The van der Waals surface area contributed by atoms with Crippen molar-refractivity contribution in [2.75, 3.05) is 14.1 Å². The first kappa shape index (κ1) is 17.6. The van der Waals surface area contributed by atoms with Gasteiger partial charge in [0, 0.05) is 33.1 Å². The molecule has 0 radical (unpaired) electrons. The molecule has 1 aromatic heterocycles. The minimum atomic E-state index is -0.850. The third kappa shape index (κ3) is 2.80. The third-order valence-corrected chi connectivity index (χ3v) is 6.32. The summed E-state index contributed by atoms with van der Waals surface area (Å²) in [5.41, 5.74) is 0.516. The first-order chi connectivity index (χ1) is 13.1. The fraction of sp³-hybridized carbons (Fsp3) is 0.182. The molecular formula is C22H20N2O2S. The number of hydrogen-bond donors (Lipinski definition) is 2. The second kappa shape index (κ2) is 6.76. The van der Waals surface area contributed by atoms with Crippen LogP contribution in [0.4, 0.5) is 0 Å². The summed E-state index contributed by atoms with van der Waals surface area (Å²) < 4.78 is 1.77. The average Bonchev–Trinajstić information content (AvgIpc) is 2.73. The summed E-state index contributed by atoms with van der Waals surface area (Å²) >= 11 is 1.54. The van der Waals surface area contributed by atoms with Gasteiger partial charge in [0.2, 0.25) is 0 Å². The highest BCUT2D eigenvalue weighted by molar-refractivity contribution is 7.24. The number of carbonyl (C=O) groups excluding carboxylic acids is 1. The first-order valence-corrected chi connectivity index (χ1v) is 9.67. The summed E-state index contributed by atoms with van der Waals surface area (Å²) in [6.45, 7) is 0. The number of nitrogens with one attached hydrogen (secondary N) is 2. The molecule has 1 atom stereocenters. The molecule has 0 fully saturated rings. The van der Waals surface area contributed by atoms with Gasteiger partial charge in [0.05, 0.1) is 5.39 Å². The Balaban J connectivity index is 1.93. The highest BCUT2D eigenvalue weighted by Gasteiger charge is 2.36. The van der Waals surface area contributed by atoms with E-state index in [1.54, 1.807) is 24.5 Å². The second-order valence-corrected chi connectivity index (χ2v) is 7.69. The molecule has 0 amide bonds. The molecule has 5 heteroatoms. The Hall–Kier alpha value is -2.76. The number of fused-ring (bicyclic) bond motifs is 2. The van der Waals surface area contributed by atoms with E-state index < -0.39 is 5.54 Å². The molecule has 0 aliphatic heterocycles. The molecule has 2 aromatic carbocycles. The number of hydrogen-bond acceptors (Lipinski definition) is 5. The van der Waals surface area contributed by atoms with E-state index in [1.165, 1.54) is 0 Å². The Labute approximate surface area is 161 Å². The zero-order valence-corrected chi connectivity index (χ0v) is 16.0. The maximum absolute atomic E-state index is 13.6. The highest BCUT2D eigenvalue weighted by atomic mass is 32.1. The van der Waals surface area contributed by atoms with Crippen molar-refractivity contribution in [3.63, 3.8) is 0 Å². The van der Waals surface area contributed by atoms with Crippen molar-refractivity contribution in [1.29, 1.82) is 0 Å². The van der Waals surface area contributed by atoms with E-state index in [0.29, 0.717) is 22.8 Å². The molecular weight excluding hydrogens is 356 g/mol. The van der Waals surface area contributed by atoms with Gasteiger partial charge >= 0.3 is 0 Å². The Bertz CT molecular complexity index is 1180. The molecule has 4 rings (SSSR count). The van der Waals surface area contributed by atoms with Gasteiger partial charge in [-0.2, -0.15) is 0 Å². The van der Waals surface area contributed by atoms with Crippen molar-refractivity contribution < 1.29 is 4.79 Å². The molecule has 1 aliphatic carbocycles. The molecule has 27 heavy (non-hydrogen) atoms. The van der Waals surface area contributed by atoms with Gasteiger partial charge in [0.15, 0.2) is 11.2 Å². The number of allylic oxidation sites excluding steroid dienone is 1. The van der Waals surface area contributed by atoms with Gasteiger partial charge in [-0.15, -0.1) is 11.3 Å². The molecule has 0 saturated heterocycles. The molecule has 4 nitrogen and oxygen atoms in total. The van der Waals surface area contributed by atoms with E-state index in [2.05, 4.69) is 10.6 Å². The van der Waals surface area contributed by atoms with Gasteiger partial charge in [0.1, 0.15) is 5.54 Å². The summed E-state index contributed by atoms with van der Waals surface area (Å²) in [6.07, 6.45) is 6.31. The topological polar surface area (TPSA) is 58.2 Å². The molecule has 3 aromatic rings. The lowest BCUT2D eigenvalue weighted by Crippen LogP contribution is -2.49. The van der Waals surface area contributed by atoms with Crippen LogP contribution in [0.3, 0.4) is 0 Å². The van der Waals surface area contributed by atoms with Crippen LogP contribution in [0, 0.1) is 0 Å². The maximum Gasteiger partial charge on any atom is 0.196 e. The van der Waals surface area contributed by atoms with Crippen molar-refractivity contribution in [1.82, 2.24) is 10.6 Å². The molecule has 1 unspecified atom stereocenters. The van der Waals surface area contributed by atoms with Crippen LogP contribution in [-0.2, 0) is 0 Å². The molecule has 136 valence electrons. The Morgan fingerprint density at radius 3 is 2.56 bits per heavy atom. The molecule has 1 aliphatic rings. The summed E-state index contributed by atoms with van der Waals surface area (Å²) in [7, 11) is 3.63. The number of Topliss-reactive ketones (excluding diaryl/α,β-unsaturated/α-hetero) is 1. The van der Waals surface area contributed by atoms with Crippen molar-refractivity contribution >= 4 is 37.3 Å². The number of likely N-dealkylation sites (N-methyl/N-ethyl adjacent to an activating group) is 2. The smallest absolute Gasteiger partial charge is 0.196 e. The standard InChI is InChI=1S/C22H20N2O2S/c1-23-14-10-12-22(24-2,13-11-14)21(26)16-7-5-9-18-19(16)20(25)15-6-3-4-8-17(15)27-18/h3-12,23-24H,13H2,1-2H3. The maximum atomic E-state index is 13.6. The Morgan fingerprint density at radius 2 is 1.85 bits per heavy atom. The summed E-state index contributed by atoms with van der Waals surface area (Å²) in [5.74, 6) is -0.0853. The number of ketones is 1. The quantitative estimate of drug-likeness (QED) is 0.539. The van der Waals surface area contributed by atoms with E-state index in [4.69, 9.17) is 0 Å². The number of carbonyl (C=O) groups is 1. The lowest BCUT2D eigenvalue weighted by Gasteiger charge is -2.31. The zero-order chi connectivity index (χ0) is 19.0. The van der Waals surface area contributed by atoms with Crippen LogP contribution in [-0.4, -0.2) is 25.4 Å². The van der Waals surface area contributed by atoms with Crippen molar-refractivity contribution in [2.45, 2.75) is 12.0 Å². The lowest BCUT2D eigenvalue weighted by atomic mass is 9.82. The van der Waals surface area contributed by atoms with E-state index in [0.717, 1.165) is 15.1 Å². The van der Waals surface area contributed by atoms with Crippen LogP contribution in [0.5, 0.6) is 0 Å². The van der Waals surface area contributed by atoms with Gasteiger partial charge in [-0.3, -0.25) is 9.59 Å². The minimum Gasteiger partial charge on any atom is -0.388 e. The molecule has 0 bridgehead atoms. The van der Waals surface area contributed by atoms with Crippen molar-refractivity contribution in [2.24, 2.45) is 0 Å². The van der Waals surface area contributed by atoms with Gasteiger partial charge < -0.3 is 10.6 Å². The molecule has 1 heterocycles. The predicted molar refractivity (Wildman–Crippen MR) is 113 cm³/mol. The normalized spacial score (nSPS) is 19.3. The second-order valence-electron chi connectivity index (χ2n) is 6.60. The highest BCUT2D eigenvalue weighted by Crippen LogP contribution is 2.30. The van der Waals surface area contributed by atoms with E-state index in [-0.39, 0.29) is 11.2 Å². The minimum absolute atomic E-state index is 0.0826. The number of benzene rings is 2. The summed E-state index contributed by atoms with van der Waals surface area (Å²) in [6, 6.07) is 13.1. The van der Waals surface area contributed by atoms with E-state index >= 15 is 0 Å². The predicted octanol–water partition coefficient (Wildman–Crippen LogP) is 3.62. The SMILES string of the molecule is CNC1=CCC(NC)(C(=O)c2cccc3sc4ccccc4c(=O)c23)C=C1. The van der Waals surface area contributed by atoms with Gasteiger partial charge in [0.25, 0.3) is 0 Å². The van der Waals surface area contributed by atoms with Gasteiger partial charge in [-0.1, -0.05) is 36.4 Å². The number of rotatable bonds is 4. The van der Waals surface area contributed by atoms with Crippen LogP contribution in [0.2, 0.25) is 0 Å². The first-order valence-electron chi connectivity index (χ1n) is 8.85. The van der Waals surface area contributed by atoms with Crippen molar-refractivity contribution in [3.8, 4) is 0 Å². The lowest BCUT2D eigenvalue weighted by molar-refractivity contribution is 0.0900. The third-order valence-electron chi connectivity index (χ3n) is 5.18. The largest absolute Gasteiger partial charge is 0.388 e. The fourth-order valence-corrected chi connectivity index (χ4v) is 4.67. The van der Waals surface area contributed by atoms with Crippen LogP contribution in [0.1, 0.15) is 16.8 Å². The van der Waals surface area contributed by atoms with E-state index in [1.807, 2.05) is 61.7 Å².